The molecule has 5 heteroatoms. The molecule has 0 unspecified atom stereocenters. The highest BCUT2D eigenvalue weighted by molar-refractivity contribution is 6.04. The highest BCUT2D eigenvalue weighted by Gasteiger charge is 2.12. The summed E-state index contributed by atoms with van der Waals surface area (Å²) < 4.78 is 7.11. The number of fused-ring (bicyclic) bond motifs is 1. The number of rotatable bonds is 8. The molecule has 0 atom stereocenters. The van der Waals surface area contributed by atoms with Gasteiger partial charge in [-0.25, -0.2) is 0 Å². The molecule has 1 amide bonds. The summed E-state index contributed by atoms with van der Waals surface area (Å²) in [5.41, 5.74) is 3.21. The quantitative estimate of drug-likeness (QED) is 0.371. The maximum absolute atomic E-state index is 12.3. The topological polar surface area (TPSA) is 67.0 Å². The molecular formula is C23H23N3O2. The van der Waals surface area contributed by atoms with Crippen molar-refractivity contribution in [3.8, 4) is 6.07 Å². The van der Waals surface area contributed by atoms with Crippen LogP contribution in [0.4, 0.5) is 0 Å². The van der Waals surface area contributed by atoms with Gasteiger partial charge in [-0.3, -0.25) is 4.79 Å². The number of benzene rings is 2. The van der Waals surface area contributed by atoms with E-state index >= 15 is 0 Å². The molecule has 142 valence electrons. The van der Waals surface area contributed by atoms with Gasteiger partial charge in [0.2, 0.25) is 0 Å². The van der Waals surface area contributed by atoms with Crippen molar-refractivity contribution in [2.75, 3.05) is 20.3 Å². The fourth-order valence-electron chi connectivity index (χ4n) is 3.12. The molecule has 0 radical (unpaired) electrons. The number of aromatic nitrogens is 1. The molecule has 1 N–H and O–H groups in total. The van der Waals surface area contributed by atoms with Crippen LogP contribution in [0.25, 0.3) is 17.0 Å². The van der Waals surface area contributed by atoms with Gasteiger partial charge in [0.1, 0.15) is 11.6 Å². The zero-order valence-electron chi connectivity index (χ0n) is 15.9. The Balaban J connectivity index is 1.88. The van der Waals surface area contributed by atoms with Crippen molar-refractivity contribution in [3.05, 3.63) is 77.5 Å². The monoisotopic (exact) mass is 373 g/mol. The fourth-order valence-corrected chi connectivity index (χ4v) is 3.12. The van der Waals surface area contributed by atoms with Gasteiger partial charge in [0.15, 0.2) is 0 Å². The molecule has 0 saturated carbocycles. The molecule has 0 saturated heterocycles. The first kappa shape index (κ1) is 19.4. The number of nitrogens with one attached hydrogen (secondary N) is 1. The molecule has 0 aliphatic rings. The first-order valence-corrected chi connectivity index (χ1v) is 9.23. The summed E-state index contributed by atoms with van der Waals surface area (Å²) in [5, 5.41) is 13.2. The second-order valence-corrected chi connectivity index (χ2v) is 6.49. The Hall–Kier alpha value is -3.36. The Bertz CT molecular complexity index is 1010. The van der Waals surface area contributed by atoms with Crippen LogP contribution in [0.15, 0.2) is 66.4 Å². The predicted octanol–water partition coefficient (Wildman–Crippen LogP) is 3.75. The smallest absolute Gasteiger partial charge is 0.261 e. The molecule has 0 bridgehead atoms. The molecule has 3 rings (SSSR count). The molecule has 3 aromatic rings. The molecule has 1 aromatic heterocycles. The Labute approximate surface area is 164 Å². The normalized spacial score (nSPS) is 11.4. The van der Waals surface area contributed by atoms with Crippen molar-refractivity contribution in [2.45, 2.75) is 13.0 Å². The Morgan fingerprint density at radius 2 is 1.93 bits per heavy atom. The van der Waals surface area contributed by atoms with E-state index in [-0.39, 0.29) is 11.5 Å². The van der Waals surface area contributed by atoms with Crippen molar-refractivity contribution in [2.24, 2.45) is 0 Å². The average molecular weight is 373 g/mol. The molecular weight excluding hydrogens is 350 g/mol. The molecule has 1 heterocycles. The number of amides is 1. The average Bonchev–Trinajstić information content (AvgIpc) is 3.07. The van der Waals surface area contributed by atoms with E-state index in [9.17, 15) is 10.1 Å². The molecule has 0 aliphatic carbocycles. The van der Waals surface area contributed by atoms with Gasteiger partial charge in [0, 0.05) is 49.5 Å². The Kier molecular flexibility index (Phi) is 6.61. The third-order valence-electron chi connectivity index (χ3n) is 4.49. The second-order valence-electron chi connectivity index (χ2n) is 6.49. The number of carbonyl (C=O) groups is 1. The van der Waals surface area contributed by atoms with E-state index in [2.05, 4.69) is 22.0 Å². The van der Waals surface area contributed by atoms with E-state index in [1.54, 1.807) is 13.2 Å². The van der Waals surface area contributed by atoms with Crippen molar-refractivity contribution in [1.82, 2.24) is 9.88 Å². The Morgan fingerprint density at radius 3 is 2.68 bits per heavy atom. The maximum atomic E-state index is 12.3. The number of ether oxygens (including phenoxy) is 1. The summed E-state index contributed by atoms with van der Waals surface area (Å²) in [7, 11) is 1.62. The third kappa shape index (κ3) is 4.67. The maximum Gasteiger partial charge on any atom is 0.261 e. The van der Waals surface area contributed by atoms with Crippen LogP contribution in [0.5, 0.6) is 0 Å². The lowest BCUT2D eigenvalue weighted by molar-refractivity contribution is -0.117. The first-order chi connectivity index (χ1) is 13.7. The van der Waals surface area contributed by atoms with Crippen LogP contribution >= 0.6 is 0 Å². The number of hydrogen-bond acceptors (Lipinski definition) is 3. The lowest BCUT2D eigenvalue weighted by Gasteiger charge is -2.05. The lowest BCUT2D eigenvalue weighted by Crippen LogP contribution is -2.26. The van der Waals surface area contributed by atoms with E-state index in [4.69, 9.17) is 4.74 Å². The van der Waals surface area contributed by atoms with E-state index in [1.165, 1.54) is 5.56 Å². The molecule has 0 aliphatic heterocycles. The number of nitrogens with zero attached hydrogens (tertiary/aromatic N) is 2. The fraction of sp³-hybridized carbons (Fsp3) is 0.217. The summed E-state index contributed by atoms with van der Waals surface area (Å²) in [6, 6.07) is 20.2. The van der Waals surface area contributed by atoms with Gasteiger partial charge >= 0.3 is 0 Å². The summed E-state index contributed by atoms with van der Waals surface area (Å²) in [6.45, 7) is 1.76. The van der Waals surface area contributed by atoms with Crippen molar-refractivity contribution >= 4 is 22.9 Å². The first-order valence-electron chi connectivity index (χ1n) is 9.23. The minimum absolute atomic E-state index is 0.0973. The molecule has 2 aromatic carbocycles. The highest BCUT2D eigenvalue weighted by Crippen LogP contribution is 2.24. The number of para-hydroxylation sites is 1. The number of nitriles is 1. The molecule has 0 fully saturated rings. The highest BCUT2D eigenvalue weighted by atomic mass is 16.5. The minimum atomic E-state index is -0.363. The lowest BCUT2D eigenvalue weighted by atomic mass is 10.1. The second kappa shape index (κ2) is 9.54. The van der Waals surface area contributed by atoms with Gasteiger partial charge in [-0.1, -0.05) is 48.5 Å². The van der Waals surface area contributed by atoms with Crippen LogP contribution in [0.2, 0.25) is 0 Å². The largest absolute Gasteiger partial charge is 0.385 e. The number of hydrogen-bond donors (Lipinski definition) is 1. The van der Waals surface area contributed by atoms with Crippen LogP contribution in [-0.2, 0) is 16.1 Å². The van der Waals surface area contributed by atoms with Crippen molar-refractivity contribution < 1.29 is 9.53 Å². The molecule has 5 nitrogen and oxygen atoms in total. The van der Waals surface area contributed by atoms with E-state index in [0.29, 0.717) is 19.6 Å². The zero-order valence-corrected chi connectivity index (χ0v) is 15.9. The van der Waals surface area contributed by atoms with Gasteiger partial charge in [0.25, 0.3) is 5.91 Å². The molecule has 28 heavy (non-hydrogen) atoms. The van der Waals surface area contributed by atoms with Crippen LogP contribution in [-0.4, -0.2) is 30.7 Å². The SMILES string of the molecule is COCCCNC(=O)C(C#N)=Cc1cn(Cc2ccccc2)c2ccccc12. The summed E-state index contributed by atoms with van der Waals surface area (Å²) >= 11 is 0. The number of carbonyl (C=O) groups excluding carboxylic acids is 1. The van der Waals surface area contributed by atoms with Gasteiger partial charge in [-0.05, 0) is 24.1 Å². The summed E-state index contributed by atoms with van der Waals surface area (Å²) in [4.78, 5) is 12.3. The van der Waals surface area contributed by atoms with Crippen LogP contribution in [0.1, 0.15) is 17.5 Å². The Morgan fingerprint density at radius 1 is 1.18 bits per heavy atom. The third-order valence-corrected chi connectivity index (χ3v) is 4.49. The van der Waals surface area contributed by atoms with Gasteiger partial charge < -0.3 is 14.6 Å². The predicted molar refractivity (Wildman–Crippen MR) is 111 cm³/mol. The van der Waals surface area contributed by atoms with Gasteiger partial charge in [0.05, 0.1) is 0 Å². The van der Waals surface area contributed by atoms with Gasteiger partial charge in [-0.2, -0.15) is 5.26 Å². The van der Waals surface area contributed by atoms with Crippen LogP contribution in [0.3, 0.4) is 0 Å². The minimum Gasteiger partial charge on any atom is -0.385 e. The van der Waals surface area contributed by atoms with E-state index in [0.717, 1.165) is 23.0 Å². The number of methoxy groups -OCH3 is 1. The standard InChI is InChI=1S/C23H23N3O2/c1-28-13-7-12-25-23(27)19(15-24)14-20-17-26(16-18-8-3-2-4-9-18)22-11-6-5-10-21(20)22/h2-6,8-11,14,17H,7,12-13,16H2,1H3,(H,25,27). The van der Waals surface area contributed by atoms with E-state index < -0.39 is 0 Å². The van der Waals surface area contributed by atoms with Crippen LogP contribution < -0.4 is 5.32 Å². The summed E-state index contributed by atoms with van der Waals surface area (Å²) in [5.74, 6) is -0.363. The van der Waals surface area contributed by atoms with Gasteiger partial charge in [-0.15, -0.1) is 0 Å². The van der Waals surface area contributed by atoms with E-state index in [1.807, 2.05) is 54.7 Å². The summed E-state index contributed by atoms with van der Waals surface area (Å²) in [6.07, 6.45) is 4.36. The van der Waals surface area contributed by atoms with Crippen molar-refractivity contribution in [1.29, 1.82) is 5.26 Å². The van der Waals surface area contributed by atoms with Crippen molar-refractivity contribution in [3.63, 3.8) is 0 Å². The van der Waals surface area contributed by atoms with Crippen LogP contribution in [0, 0.1) is 11.3 Å². The molecule has 0 spiro atoms. The zero-order chi connectivity index (χ0) is 19.8.